The van der Waals surface area contributed by atoms with Crippen LogP contribution in [0.25, 0.3) is 0 Å². The summed E-state index contributed by atoms with van der Waals surface area (Å²) in [6.07, 6.45) is 4.10. The van der Waals surface area contributed by atoms with Gasteiger partial charge in [-0.25, -0.2) is 0 Å². The lowest BCUT2D eigenvalue weighted by atomic mass is 9.96. The number of ether oxygens (including phenoxy) is 1. The van der Waals surface area contributed by atoms with E-state index in [9.17, 15) is 4.79 Å². The van der Waals surface area contributed by atoms with Gasteiger partial charge in [0.25, 0.3) is 0 Å². The average Bonchev–Trinajstić information content (AvgIpc) is 2.24. The van der Waals surface area contributed by atoms with Gasteiger partial charge in [0.05, 0.1) is 11.7 Å². The van der Waals surface area contributed by atoms with Gasteiger partial charge in [0.2, 0.25) is 0 Å². The highest BCUT2D eigenvalue weighted by molar-refractivity contribution is 5.98. The molecule has 0 unspecified atom stereocenters. The predicted molar refractivity (Wildman–Crippen MR) is 62.7 cm³/mol. The highest BCUT2D eigenvalue weighted by atomic mass is 16.5. The third kappa shape index (κ3) is 2.42. The quantitative estimate of drug-likeness (QED) is 0.772. The van der Waals surface area contributed by atoms with Gasteiger partial charge in [0, 0.05) is 6.42 Å². The Morgan fingerprint density at radius 1 is 1.38 bits per heavy atom. The summed E-state index contributed by atoms with van der Waals surface area (Å²) in [6.45, 7) is 0.386. The van der Waals surface area contributed by atoms with E-state index in [0.29, 0.717) is 30.4 Å². The van der Waals surface area contributed by atoms with Crippen molar-refractivity contribution in [2.24, 2.45) is 5.73 Å². The van der Waals surface area contributed by atoms with Crippen LogP contribution in [0.1, 0.15) is 36.0 Å². The summed E-state index contributed by atoms with van der Waals surface area (Å²) in [7, 11) is 0. The van der Waals surface area contributed by atoms with Crippen molar-refractivity contribution < 1.29 is 9.53 Å². The molecule has 1 fully saturated rings. The van der Waals surface area contributed by atoms with E-state index < -0.39 is 0 Å². The lowest BCUT2D eigenvalue weighted by molar-refractivity contribution is 0.0958. The van der Waals surface area contributed by atoms with E-state index in [4.69, 9.17) is 10.5 Å². The van der Waals surface area contributed by atoms with Crippen LogP contribution in [0.3, 0.4) is 0 Å². The van der Waals surface area contributed by atoms with Gasteiger partial charge in [0.1, 0.15) is 5.75 Å². The maximum absolute atomic E-state index is 11.8. The van der Waals surface area contributed by atoms with Gasteiger partial charge in [-0.05, 0) is 37.9 Å². The molecular formula is C13H17NO2. The second-order valence-electron chi connectivity index (χ2n) is 4.13. The third-order valence-electron chi connectivity index (χ3n) is 2.90. The first-order valence-electron chi connectivity index (χ1n) is 5.80. The van der Waals surface area contributed by atoms with Crippen LogP contribution in [0, 0.1) is 0 Å². The Morgan fingerprint density at radius 3 is 2.75 bits per heavy atom. The van der Waals surface area contributed by atoms with E-state index in [1.807, 2.05) is 24.3 Å². The Morgan fingerprint density at radius 2 is 2.12 bits per heavy atom. The van der Waals surface area contributed by atoms with Gasteiger partial charge >= 0.3 is 0 Å². The van der Waals surface area contributed by atoms with Crippen LogP contribution >= 0.6 is 0 Å². The Labute approximate surface area is 95.6 Å². The Hall–Kier alpha value is -1.35. The number of hydrogen-bond acceptors (Lipinski definition) is 3. The molecule has 16 heavy (non-hydrogen) atoms. The fourth-order valence-electron chi connectivity index (χ4n) is 1.73. The summed E-state index contributed by atoms with van der Waals surface area (Å²) in [5.41, 5.74) is 6.06. The third-order valence-corrected chi connectivity index (χ3v) is 2.90. The van der Waals surface area contributed by atoms with Gasteiger partial charge in [-0.1, -0.05) is 12.1 Å². The van der Waals surface area contributed by atoms with Crippen LogP contribution in [0.4, 0.5) is 0 Å². The number of carbonyl (C=O) groups is 1. The van der Waals surface area contributed by atoms with E-state index in [1.54, 1.807) is 0 Å². The smallest absolute Gasteiger partial charge is 0.167 e. The number of benzene rings is 1. The number of nitrogens with two attached hydrogens (primary N) is 1. The topological polar surface area (TPSA) is 52.3 Å². The van der Waals surface area contributed by atoms with Crippen molar-refractivity contribution in [2.45, 2.75) is 31.8 Å². The van der Waals surface area contributed by atoms with Gasteiger partial charge < -0.3 is 10.5 Å². The van der Waals surface area contributed by atoms with Gasteiger partial charge in [-0.2, -0.15) is 0 Å². The van der Waals surface area contributed by atoms with Crippen molar-refractivity contribution in [1.82, 2.24) is 0 Å². The number of carbonyl (C=O) groups excluding carboxylic acids is 1. The first kappa shape index (κ1) is 11.1. The predicted octanol–water partition coefficient (Wildman–Crippen LogP) is 2.15. The fraction of sp³-hybridized carbons (Fsp3) is 0.462. The highest BCUT2D eigenvalue weighted by Gasteiger charge is 2.21. The van der Waals surface area contributed by atoms with Crippen LogP contribution in [0.15, 0.2) is 24.3 Å². The molecule has 3 heteroatoms. The molecule has 0 spiro atoms. The van der Waals surface area contributed by atoms with Gasteiger partial charge in [0.15, 0.2) is 5.78 Å². The first-order chi connectivity index (χ1) is 7.81. The summed E-state index contributed by atoms with van der Waals surface area (Å²) in [5, 5.41) is 0. The molecule has 0 atom stereocenters. The van der Waals surface area contributed by atoms with E-state index in [1.165, 1.54) is 6.42 Å². The van der Waals surface area contributed by atoms with E-state index in [0.717, 1.165) is 12.8 Å². The van der Waals surface area contributed by atoms with Crippen molar-refractivity contribution in [3.63, 3.8) is 0 Å². The molecule has 0 radical (unpaired) electrons. The second-order valence-corrected chi connectivity index (χ2v) is 4.13. The molecule has 1 aliphatic carbocycles. The van der Waals surface area contributed by atoms with Gasteiger partial charge in [-0.3, -0.25) is 4.79 Å². The van der Waals surface area contributed by atoms with Gasteiger partial charge in [-0.15, -0.1) is 0 Å². The average molecular weight is 219 g/mol. The van der Waals surface area contributed by atoms with E-state index in [2.05, 4.69) is 0 Å². The summed E-state index contributed by atoms with van der Waals surface area (Å²) in [6, 6.07) is 7.43. The number of rotatable bonds is 5. The molecule has 2 rings (SSSR count). The van der Waals surface area contributed by atoms with Crippen LogP contribution in [-0.2, 0) is 0 Å². The standard InChI is InChI=1S/C13H17NO2/c14-9-8-12(15)11-6-1-2-7-13(11)16-10-4-3-5-10/h1-2,6-7,10H,3-5,8-9,14H2. The molecule has 0 aliphatic heterocycles. The Balaban J connectivity index is 2.12. The SMILES string of the molecule is NCCC(=O)c1ccccc1OC1CCC1. The molecule has 2 N–H and O–H groups in total. The van der Waals surface area contributed by atoms with Crippen molar-refractivity contribution in [3.8, 4) is 5.75 Å². The lowest BCUT2D eigenvalue weighted by Gasteiger charge is -2.27. The Kier molecular flexibility index (Phi) is 3.57. The van der Waals surface area contributed by atoms with Crippen LogP contribution in [0.2, 0.25) is 0 Å². The molecule has 0 aromatic heterocycles. The zero-order chi connectivity index (χ0) is 11.4. The summed E-state index contributed by atoms with van der Waals surface area (Å²) < 4.78 is 5.79. The number of Topliss-reactive ketones (excluding diaryl/α,β-unsaturated/α-hetero) is 1. The highest BCUT2D eigenvalue weighted by Crippen LogP contribution is 2.28. The van der Waals surface area contributed by atoms with Crippen molar-refractivity contribution in [2.75, 3.05) is 6.54 Å². The largest absolute Gasteiger partial charge is 0.490 e. The first-order valence-corrected chi connectivity index (χ1v) is 5.80. The Bertz CT molecular complexity index is 372. The second kappa shape index (κ2) is 5.12. The summed E-state index contributed by atoms with van der Waals surface area (Å²) in [5.74, 6) is 0.781. The van der Waals surface area contributed by atoms with Crippen LogP contribution in [-0.4, -0.2) is 18.4 Å². The van der Waals surface area contributed by atoms with Crippen LogP contribution < -0.4 is 10.5 Å². The number of para-hydroxylation sites is 1. The molecule has 3 nitrogen and oxygen atoms in total. The molecule has 0 saturated heterocycles. The number of hydrogen-bond donors (Lipinski definition) is 1. The summed E-state index contributed by atoms with van der Waals surface area (Å²) >= 11 is 0. The zero-order valence-electron chi connectivity index (χ0n) is 9.32. The maximum Gasteiger partial charge on any atom is 0.167 e. The fourth-order valence-corrected chi connectivity index (χ4v) is 1.73. The molecule has 1 aromatic rings. The van der Waals surface area contributed by atoms with E-state index in [-0.39, 0.29) is 5.78 Å². The molecule has 1 aromatic carbocycles. The molecule has 0 bridgehead atoms. The van der Waals surface area contributed by atoms with Crippen molar-refractivity contribution >= 4 is 5.78 Å². The minimum Gasteiger partial charge on any atom is -0.490 e. The van der Waals surface area contributed by atoms with E-state index >= 15 is 0 Å². The molecule has 1 aliphatic rings. The van der Waals surface area contributed by atoms with Crippen molar-refractivity contribution in [1.29, 1.82) is 0 Å². The molecular weight excluding hydrogens is 202 g/mol. The lowest BCUT2D eigenvalue weighted by Crippen LogP contribution is -2.25. The normalized spacial score (nSPS) is 15.6. The zero-order valence-corrected chi connectivity index (χ0v) is 9.32. The molecule has 86 valence electrons. The number of ketones is 1. The monoisotopic (exact) mass is 219 g/mol. The van der Waals surface area contributed by atoms with Crippen LogP contribution in [0.5, 0.6) is 5.75 Å². The minimum atomic E-state index is 0.0671. The maximum atomic E-state index is 11.8. The van der Waals surface area contributed by atoms with Crippen molar-refractivity contribution in [3.05, 3.63) is 29.8 Å². The summed E-state index contributed by atoms with van der Waals surface area (Å²) in [4.78, 5) is 11.8. The minimum absolute atomic E-state index is 0.0671. The molecule has 0 heterocycles. The molecule has 1 saturated carbocycles. The molecule has 0 amide bonds.